The molecule has 2 heteroatoms. The molecule has 0 aromatic carbocycles. The molecule has 0 fully saturated rings. The van der Waals surface area contributed by atoms with Crippen molar-refractivity contribution in [1.29, 1.82) is 0 Å². The smallest absolute Gasteiger partial charge is 0.106 e. The Morgan fingerprint density at radius 2 is 1.65 bits per heavy atom. The first-order valence-corrected chi connectivity index (χ1v) is 8.49. The number of aryl methyl sites for hydroxylation is 2. The summed E-state index contributed by atoms with van der Waals surface area (Å²) in [5, 5.41) is 0. The molecule has 1 rings (SSSR count). The number of nitrogens with zero attached hydrogens (tertiary/aromatic N) is 1. The van der Waals surface area contributed by atoms with E-state index in [4.69, 9.17) is 0 Å². The van der Waals surface area contributed by atoms with Crippen LogP contribution < -0.4 is 0 Å². The Bertz CT molecular complexity index is 365. The molecule has 0 saturated carbocycles. The highest BCUT2D eigenvalue weighted by atomic mass is 14.9. The van der Waals surface area contributed by atoms with Crippen molar-refractivity contribution in [1.82, 2.24) is 9.97 Å². The Balaban J connectivity index is 2.20. The van der Waals surface area contributed by atoms with Crippen LogP contribution in [0.5, 0.6) is 0 Å². The van der Waals surface area contributed by atoms with Gasteiger partial charge in [0, 0.05) is 18.5 Å². The number of nitrogens with one attached hydrogen (secondary N) is 1. The molecular formula is C18H32N2. The molecule has 1 aromatic heterocycles. The minimum Gasteiger partial charge on any atom is -0.346 e. The van der Waals surface area contributed by atoms with Gasteiger partial charge in [-0.05, 0) is 12.8 Å². The van der Waals surface area contributed by atoms with Gasteiger partial charge in [-0.1, -0.05) is 64.9 Å². The minimum atomic E-state index is 0.892. The first kappa shape index (κ1) is 17.0. The molecule has 0 saturated heterocycles. The number of imidazole rings is 1. The molecule has 1 aromatic rings. The zero-order chi connectivity index (χ0) is 14.6. The molecule has 0 unspecified atom stereocenters. The molecule has 0 radical (unpaired) electrons. The van der Waals surface area contributed by atoms with Crippen LogP contribution in [0.4, 0.5) is 0 Å². The molecule has 0 amide bonds. The summed E-state index contributed by atoms with van der Waals surface area (Å²) >= 11 is 0. The van der Waals surface area contributed by atoms with E-state index in [1.54, 1.807) is 0 Å². The third kappa shape index (κ3) is 6.40. The fourth-order valence-corrected chi connectivity index (χ4v) is 2.62. The van der Waals surface area contributed by atoms with E-state index in [-0.39, 0.29) is 0 Å². The zero-order valence-electron chi connectivity index (χ0n) is 13.5. The van der Waals surface area contributed by atoms with Gasteiger partial charge in [-0.25, -0.2) is 4.98 Å². The average molecular weight is 276 g/mol. The van der Waals surface area contributed by atoms with Crippen LogP contribution in [0.1, 0.15) is 82.4 Å². The molecule has 0 aliphatic carbocycles. The SMILES string of the molecule is C=CCc1nc(CC)[nH]c1CCCCCCCCCC. The second kappa shape index (κ2) is 10.7. The van der Waals surface area contributed by atoms with Gasteiger partial charge in [-0.2, -0.15) is 0 Å². The van der Waals surface area contributed by atoms with Crippen molar-refractivity contribution >= 4 is 0 Å². The maximum atomic E-state index is 4.64. The van der Waals surface area contributed by atoms with E-state index >= 15 is 0 Å². The maximum Gasteiger partial charge on any atom is 0.106 e. The van der Waals surface area contributed by atoms with Crippen molar-refractivity contribution in [2.75, 3.05) is 0 Å². The molecule has 0 bridgehead atoms. The zero-order valence-corrected chi connectivity index (χ0v) is 13.5. The number of rotatable bonds is 12. The van der Waals surface area contributed by atoms with Gasteiger partial charge in [-0.3, -0.25) is 0 Å². The third-order valence-corrected chi connectivity index (χ3v) is 3.87. The summed E-state index contributed by atoms with van der Waals surface area (Å²) in [5.41, 5.74) is 2.55. The fourth-order valence-electron chi connectivity index (χ4n) is 2.62. The maximum absolute atomic E-state index is 4.64. The largest absolute Gasteiger partial charge is 0.346 e. The molecule has 2 nitrogen and oxygen atoms in total. The monoisotopic (exact) mass is 276 g/mol. The van der Waals surface area contributed by atoms with E-state index in [9.17, 15) is 0 Å². The topological polar surface area (TPSA) is 28.7 Å². The average Bonchev–Trinajstić information content (AvgIpc) is 2.85. The molecule has 1 N–H and O–H groups in total. The molecule has 1 heterocycles. The van der Waals surface area contributed by atoms with E-state index in [1.807, 2.05) is 6.08 Å². The van der Waals surface area contributed by atoms with E-state index in [2.05, 4.69) is 30.4 Å². The highest BCUT2D eigenvalue weighted by Crippen LogP contribution is 2.14. The van der Waals surface area contributed by atoms with Gasteiger partial charge >= 0.3 is 0 Å². The van der Waals surface area contributed by atoms with Gasteiger partial charge in [0.15, 0.2) is 0 Å². The molecule has 0 spiro atoms. The second-order valence-electron chi connectivity index (χ2n) is 5.68. The number of aromatic nitrogens is 2. The van der Waals surface area contributed by atoms with Crippen LogP contribution >= 0.6 is 0 Å². The van der Waals surface area contributed by atoms with Crippen molar-refractivity contribution in [2.45, 2.75) is 84.5 Å². The number of aromatic amines is 1. The van der Waals surface area contributed by atoms with Gasteiger partial charge in [-0.15, -0.1) is 6.58 Å². The van der Waals surface area contributed by atoms with Crippen molar-refractivity contribution in [3.63, 3.8) is 0 Å². The van der Waals surface area contributed by atoms with Crippen molar-refractivity contribution in [3.8, 4) is 0 Å². The predicted molar refractivity (Wildman–Crippen MR) is 88.2 cm³/mol. The summed E-state index contributed by atoms with van der Waals surface area (Å²) in [6.45, 7) is 8.25. The van der Waals surface area contributed by atoms with E-state index < -0.39 is 0 Å². The number of allylic oxidation sites excluding steroid dienone is 1. The highest BCUT2D eigenvalue weighted by molar-refractivity contribution is 5.17. The Labute approximate surface area is 125 Å². The first-order chi connectivity index (χ1) is 9.81. The summed E-state index contributed by atoms with van der Waals surface area (Å²) in [6.07, 6.45) is 16.0. The number of H-pyrrole nitrogens is 1. The van der Waals surface area contributed by atoms with Crippen molar-refractivity contribution in [3.05, 3.63) is 29.9 Å². The standard InChI is InChI=1S/C18H32N2/c1-4-7-8-9-10-11-12-13-15-17-16(14-5-2)19-18(6-3)20-17/h5H,2,4,6-15H2,1,3H3,(H,19,20). The Kier molecular flexibility index (Phi) is 9.10. The number of hydrogen-bond donors (Lipinski definition) is 1. The van der Waals surface area contributed by atoms with Crippen LogP contribution in [-0.2, 0) is 19.3 Å². The van der Waals surface area contributed by atoms with Gasteiger partial charge in [0.2, 0.25) is 0 Å². The molecule has 0 aliphatic rings. The normalized spacial score (nSPS) is 10.9. The lowest BCUT2D eigenvalue weighted by molar-refractivity contribution is 0.573. The lowest BCUT2D eigenvalue weighted by Crippen LogP contribution is -1.93. The molecule has 20 heavy (non-hydrogen) atoms. The van der Waals surface area contributed by atoms with Gasteiger partial charge in [0.25, 0.3) is 0 Å². The molecule has 0 aliphatic heterocycles. The van der Waals surface area contributed by atoms with Crippen LogP contribution in [-0.4, -0.2) is 9.97 Å². The lowest BCUT2D eigenvalue weighted by Gasteiger charge is -2.02. The van der Waals surface area contributed by atoms with Crippen LogP contribution in [0.15, 0.2) is 12.7 Å². The van der Waals surface area contributed by atoms with Crippen LogP contribution in [0, 0.1) is 0 Å². The predicted octanol–water partition coefficient (Wildman–Crippen LogP) is 5.38. The van der Waals surface area contributed by atoms with Crippen molar-refractivity contribution < 1.29 is 0 Å². The highest BCUT2D eigenvalue weighted by Gasteiger charge is 2.07. The lowest BCUT2D eigenvalue weighted by atomic mass is 10.1. The quantitative estimate of drug-likeness (QED) is 0.403. The van der Waals surface area contributed by atoms with Gasteiger partial charge < -0.3 is 4.98 Å². The molecule has 114 valence electrons. The van der Waals surface area contributed by atoms with Crippen molar-refractivity contribution in [2.24, 2.45) is 0 Å². The Morgan fingerprint density at radius 3 is 2.25 bits per heavy atom. The van der Waals surface area contributed by atoms with E-state index in [0.29, 0.717) is 0 Å². The summed E-state index contributed by atoms with van der Waals surface area (Å²) in [5.74, 6) is 1.12. The van der Waals surface area contributed by atoms with Gasteiger partial charge in [0.1, 0.15) is 5.82 Å². The van der Waals surface area contributed by atoms with E-state index in [0.717, 1.165) is 25.1 Å². The number of unbranched alkanes of at least 4 members (excludes halogenated alkanes) is 7. The summed E-state index contributed by atoms with van der Waals surface area (Å²) in [4.78, 5) is 8.12. The Hall–Kier alpha value is -1.05. The third-order valence-electron chi connectivity index (χ3n) is 3.87. The first-order valence-electron chi connectivity index (χ1n) is 8.49. The summed E-state index contributed by atoms with van der Waals surface area (Å²) in [7, 11) is 0. The number of hydrogen-bond acceptors (Lipinski definition) is 1. The summed E-state index contributed by atoms with van der Waals surface area (Å²) in [6, 6.07) is 0. The fraction of sp³-hybridized carbons (Fsp3) is 0.722. The minimum absolute atomic E-state index is 0.892. The molecular weight excluding hydrogens is 244 g/mol. The van der Waals surface area contributed by atoms with Gasteiger partial charge in [0.05, 0.1) is 5.69 Å². The van der Waals surface area contributed by atoms with E-state index in [1.165, 1.54) is 62.8 Å². The Morgan fingerprint density at radius 1 is 1.00 bits per heavy atom. The van der Waals surface area contributed by atoms with Crippen LogP contribution in [0.2, 0.25) is 0 Å². The van der Waals surface area contributed by atoms with Crippen LogP contribution in [0.3, 0.4) is 0 Å². The summed E-state index contributed by atoms with van der Waals surface area (Å²) < 4.78 is 0. The molecule has 0 atom stereocenters. The second-order valence-corrected chi connectivity index (χ2v) is 5.68. The van der Waals surface area contributed by atoms with Crippen LogP contribution in [0.25, 0.3) is 0 Å².